The van der Waals surface area contributed by atoms with Gasteiger partial charge in [-0.05, 0) is 97.7 Å². The van der Waals surface area contributed by atoms with Crippen LogP contribution in [-0.2, 0) is 0 Å². The van der Waals surface area contributed by atoms with Crippen molar-refractivity contribution in [2.75, 3.05) is 6.61 Å². The first kappa shape index (κ1) is 23.7. The summed E-state index contributed by atoms with van der Waals surface area (Å²) in [6.07, 6.45) is 10.2. The molecule has 0 spiro atoms. The third kappa shape index (κ3) is 3.48. The highest BCUT2D eigenvalue weighted by molar-refractivity contribution is 5.85. The van der Waals surface area contributed by atoms with Gasteiger partial charge in [-0.2, -0.15) is 0 Å². The highest BCUT2D eigenvalue weighted by Crippen LogP contribution is 2.67. The summed E-state index contributed by atoms with van der Waals surface area (Å²) >= 11 is 0. The molecule has 0 unspecified atom stereocenters. The lowest BCUT2D eigenvalue weighted by atomic mass is 9.43. The smallest absolute Gasteiger partial charge is 0.0459 e. The molecule has 4 fully saturated rings. The van der Waals surface area contributed by atoms with Gasteiger partial charge in [0.15, 0.2) is 0 Å². The fourth-order valence-corrected chi connectivity index (χ4v) is 8.46. The van der Waals surface area contributed by atoms with Crippen molar-refractivity contribution in [3.63, 3.8) is 0 Å². The largest absolute Gasteiger partial charge is 0.396 e. The average molecular weight is 421 g/mol. The number of hydrogen-bond acceptors (Lipinski definition) is 3. The highest BCUT2D eigenvalue weighted by atomic mass is 35.5. The summed E-state index contributed by atoms with van der Waals surface area (Å²) in [6.45, 7) is 7.71. The first-order valence-electron chi connectivity index (χ1n) is 10.9. The molecule has 10 atom stereocenters. The normalized spacial score (nSPS) is 52.4. The molecule has 5 heteroatoms. The number of halogens is 2. The van der Waals surface area contributed by atoms with Crippen LogP contribution in [0, 0.1) is 46.3 Å². The van der Waals surface area contributed by atoms with Crippen LogP contribution < -0.4 is 11.5 Å². The predicted molar refractivity (Wildman–Crippen MR) is 117 cm³/mol. The predicted octanol–water partition coefficient (Wildman–Crippen LogP) is 4.38. The second kappa shape index (κ2) is 8.30. The summed E-state index contributed by atoms with van der Waals surface area (Å²) in [6, 6.07) is 0.762. The molecule has 4 rings (SSSR count). The van der Waals surface area contributed by atoms with Gasteiger partial charge in [0.25, 0.3) is 0 Å². The zero-order valence-corrected chi connectivity index (χ0v) is 19.0. The fraction of sp³-hybridized carbons (Fsp3) is 1.00. The first-order chi connectivity index (χ1) is 11.8. The summed E-state index contributed by atoms with van der Waals surface area (Å²) in [7, 11) is 0. The summed E-state index contributed by atoms with van der Waals surface area (Å²) in [5.74, 6) is 4.13. The Labute approximate surface area is 178 Å². The molecule has 0 amide bonds. The Balaban J connectivity index is 0.00000131. The van der Waals surface area contributed by atoms with Crippen molar-refractivity contribution >= 4 is 24.8 Å². The monoisotopic (exact) mass is 420 g/mol. The lowest BCUT2D eigenvalue weighted by molar-refractivity contribution is -0.125. The second-order valence-corrected chi connectivity index (χ2v) is 10.8. The van der Waals surface area contributed by atoms with Crippen molar-refractivity contribution in [1.29, 1.82) is 0 Å². The third-order valence-electron chi connectivity index (χ3n) is 9.85. The van der Waals surface area contributed by atoms with Gasteiger partial charge in [-0.3, -0.25) is 0 Å². The summed E-state index contributed by atoms with van der Waals surface area (Å²) in [5, 5.41) is 9.77. The Morgan fingerprint density at radius 1 is 0.926 bits per heavy atom. The molecule has 0 aromatic heterocycles. The zero-order valence-electron chi connectivity index (χ0n) is 17.4. The van der Waals surface area contributed by atoms with E-state index in [1.165, 1.54) is 51.4 Å². The molecule has 0 heterocycles. The van der Waals surface area contributed by atoms with Gasteiger partial charge in [-0.15, -0.1) is 24.8 Å². The van der Waals surface area contributed by atoms with Crippen LogP contribution in [0.1, 0.15) is 72.1 Å². The van der Waals surface area contributed by atoms with Gasteiger partial charge in [0.2, 0.25) is 0 Å². The number of hydrogen-bond donors (Lipinski definition) is 3. The van der Waals surface area contributed by atoms with Crippen molar-refractivity contribution in [3.05, 3.63) is 0 Å². The van der Waals surface area contributed by atoms with Crippen LogP contribution in [-0.4, -0.2) is 23.8 Å². The van der Waals surface area contributed by atoms with Crippen LogP contribution in [0.4, 0.5) is 0 Å². The van der Waals surface area contributed by atoms with Gasteiger partial charge in [-0.1, -0.05) is 20.8 Å². The van der Waals surface area contributed by atoms with Crippen LogP contribution in [0.15, 0.2) is 0 Å². The molecular weight excluding hydrogens is 379 g/mol. The van der Waals surface area contributed by atoms with E-state index in [4.69, 9.17) is 11.5 Å². The topological polar surface area (TPSA) is 72.3 Å². The van der Waals surface area contributed by atoms with E-state index >= 15 is 0 Å². The molecule has 3 nitrogen and oxygen atoms in total. The van der Waals surface area contributed by atoms with Gasteiger partial charge in [0, 0.05) is 18.7 Å². The molecule has 4 saturated carbocycles. The number of nitrogens with two attached hydrogens (primary N) is 2. The second-order valence-electron chi connectivity index (χ2n) is 10.8. The summed E-state index contributed by atoms with van der Waals surface area (Å²) < 4.78 is 0. The van der Waals surface area contributed by atoms with Gasteiger partial charge >= 0.3 is 0 Å². The van der Waals surface area contributed by atoms with Crippen LogP contribution in [0.5, 0.6) is 0 Å². The van der Waals surface area contributed by atoms with E-state index in [9.17, 15) is 5.11 Å². The van der Waals surface area contributed by atoms with Crippen molar-refractivity contribution in [1.82, 2.24) is 0 Å². The number of aliphatic hydroxyl groups excluding tert-OH is 1. The lowest BCUT2D eigenvalue weighted by Crippen LogP contribution is -2.61. The Kier molecular flexibility index (Phi) is 7.30. The van der Waals surface area contributed by atoms with E-state index in [0.29, 0.717) is 47.3 Å². The summed E-state index contributed by atoms with van der Waals surface area (Å²) in [5.41, 5.74) is 14.1. The maximum atomic E-state index is 9.77. The van der Waals surface area contributed by atoms with E-state index in [1.54, 1.807) is 0 Å². The molecule has 27 heavy (non-hydrogen) atoms. The zero-order chi connectivity index (χ0) is 18.0. The highest BCUT2D eigenvalue weighted by Gasteiger charge is 2.62. The number of fused-ring (bicyclic) bond motifs is 5. The minimum absolute atomic E-state index is 0. The van der Waals surface area contributed by atoms with Crippen LogP contribution in [0.2, 0.25) is 0 Å². The maximum absolute atomic E-state index is 9.77. The minimum atomic E-state index is 0. The molecule has 4 aliphatic carbocycles. The van der Waals surface area contributed by atoms with Gasteiger partial charge in [0.05, 0.1) is 0 Å². The SMILES string of the molecule is C[C@H](CO)[C@H]1CC[C@H]2[C@@H]3[C@H](N)C[C@H]4C[C@H](N)CC[C@]4(C)[C@H]3CC[C@]12C.Cl.Cl. The van der Waals surface area contributed by atoms with Crippen molar-refractivity contribution < 1.29 is 5.11 Å². The van der Waals surface area contributed by atoms with E-state index in [0.717, 1.165) is 17.8 Å². The van der Waals surface area contributed by atoms with E-state index in [1.807, 2.05) is 0 Å². The first-order valence-corrected chi connectivity index (χ1v) is 10.9. The average Bonchev–Trinajstić information content (AvgIpc) is 2.93. The molecule has 0 aromatic carbocycles. The molecule has 4 aliphatic rings. The molecule has 160 valence electrons. The van der Waals surface area contributed by atoms with E-state index in [2.05, 4.69) is 20.8 Å². The van der Waals surface area contributed by atoms with Crippen molar-refractivity contribution in [2.45, 2.75) is 84.2 Å². The molecule has 0 aliphatic heterocycles. The standard InChI is InChI=1S/C22H40N2O.2ClH/c1-13(12-25)16-4-5-17-20-18(7-9-22(16,17)3)21(2)8-6-15(23)10-14(21)11-19(20)24;;/h13-20,25H,4-12,23-24H2,1-3H3;2*1H/t13-,14-,15-,16-,17+,18+,19-,20+,21+,22-;;/m1../s1. The third-order valence-corrected chi connectivity index (χ3v) is 9.85. The van der Waals surface area contributed by atoms with Crippen LogP contribution in [0.3, 0.4) is 0 Å². The number of rotatable bonds is 2. The van der Waals surface area contributed by atoms with Crippen LogP contribution >= 0.6 is 24.8 Å². The quantitative estimate of drug-likeness (QED) is 0.620. The number of aliphatic hydroxyl groups is 1. The Morgan fingerprint density at radius 2 is 1.56 bits per heavy atom. The Bertz CT molecular complexity index is 521. The maximum Gasteiger partial charge on any atom is 0.0459 e. The molecule has 0 saturated heterocycles. The lowest BCUT2D eigenvalue weighted by Gasteiger charge is -2.63. The van der Waals surface area contributed by atoms with Crippen molar-refractivity contribution in [2.24, 2.45) is 57.8 Å². The Morgan fingerprint density at radius 3 is 2.22 bits per heavy atom. The van der Waals surface area contributed by atoms with Gasteiger partial charge in [0.1, 0.15) is 0 Å². The molecule has 0 radical (unpaired) electrons. The van der Waals surface area contributed by atoms with E-state index < -0.39 is 0 Å². The van der Waals surface area contributed by atoms with Crippen molar-refractivity contribution in [3.8, 4) is 0 Å². The molecule has 0 aromatic rings. The van der Waals surface area contributed by atoms with Gasteiger partial charge in [-0.25, -0.2) is 0 Å². The van der Waals surface area contributed by atoms with Gasteiger partial charge < -0.3 is 16.6 Å². The molecular formula is C22H42Cl2N2O. The summed E-state index contributed by atoms with van der Waals surface area (Å²) in [4.78, 5) is 0. The minimum Gasteiger partial charge on any atom is -0.396 e. The van der Waals surface area contributed by atoms with Crippen LogP contribution in [0.25, 0.3) is 0 Å². The van der Waals surface area contributed by atoms with E-state index in [-0.39, 0.29) is 24.8 Å². The molecule has 5 N–H and O–H groups in total. The Hall–Kier alpha value is 0.460. The fourth-order valence-electron chi connectivity index (χ4n) is 8.46. The molecule has 0 bridgehead atoms.